The second-order valence-electron chi connectivity index (χ2n) is 7.87. The lowest BCUT2D eigenvalue weighted by Gasteiger charge is -2.42. The number of rotatable bonds is 2. The Hall–Kier alpha value is -3.56. The summed E-state index contributed by atoms with van der Waals surface area (Å²) in [7, 11) is 0. The van der Waals surface area contributed by atoms with Gasteiger partial charge in [0.15, 0.2) is 0 Å². The van der Waals surface area contributed by atoms with Crippen molar-refractivity contribution in [1.82, 2.24) is 0 Å². The minimum absolute atomic E-state index is 0.0296. The largest absolute Gasteiger partial charge is 0.457 e. The minimum atomic E-state index is -5.91. The summed E-state index contributed by atoms with van der Waals surface area (Å²) in [6.45, 7) is 10.3. The maximum Gasteiger partial charge on any atom is 0.411 e. The van der Waals surface area contributed by atoms with Crippen LogP contribution >= 0.6 is 0 Å². The number of hydrogen-bond acceptors (Lipinski definition) is 4. The van der Waals surface area contributed by atoms with Gasteiger partial charge in [-0.15, -0.1) is 0 Å². The summed E-state index contributed by atoms with van der Waals surface area (Å²) in [5, 5.41) is 0. The molecule has 0 aromatic heterocycles. The van der Waals surface area contributed by atoms with E-state index in [1.807, 2.05) is 0 Å². The second-order valence-corrected chi connectivity index (χ2v) is 7.87. The fourth-order valence-electron chi connectivity index (χ4n) is 4.19. The molecule has 0 bridgehead atoms. The first-order valence-corrected chi connectivity index (χ1v) is 9.38. The summed E-state index contributed by atoms with van der Waals surface area (Å²) in [5.41, 5.74) is -7.48. The molecule has 0 radical (unpaired) electrons. The molecule has 2 aromatic carbocycles. The van der Waals surface area contributed by atoms with Crippen LogP contribution in [0.25, 0.3) is 11.1 Å². The summed E-state index contributed by atoms with van der Waals surface area (Å²) in [5.74, 6) is -4.12. The molecule has 2 aliphatic heterocycles. The Morgan fingerprint density at radius 1 is 0.727 bits per heavy atom. The zero-order valence-corrected chi connectivity index (χ0v) is 17.1. The summed E-state index contributed by atoms with van der Waals surface area (Å²) in [4.78, 5) is 23.8. The van der Waals surface area contributed by atoms with Gasteiger partial charge in [0.2, 0.25) is 5.41 Å². The number of esters is 2. The van der Waals surface area contributed by atoms with Gasteiger partial charge in [0.25, 0.3) is 0 Å². The quantitative estimate of drug-likeness (QED) is 0.284. The highest BCUT2D eigenvalue weighted by Gasteiger charge is 2.75. The molecule has 0 atom stereocenters. The molecule has 4 rings (SSSR count). The molecule has 0 saturated heterocycles. The molecule has 0 spiro atoms. The first-order chi connectivity index (χ1) is 15.1. The molecule has 172 valence electrons. The third kappa shape index (κ3) is 2.93. The Bertz CT molecular complexity index is 1270. The van der Waals surface area contributed by atoms with Crippen LogP contribution in [0.1, 0.15) is 56.8 Å². The Morgan fingerprint density at radius 2 is 1.15 bits per heavy atom. The van der Waals surface area contributed by atoms with Crippen LogP contribution in [0, 0.1) is 0 Å². The van der Waals surface area contributed by atoms with Crippen molar-refractivity contribution in [2.45, 2.75) is 31.6 Å². The Labute approximate surface area is 183 Å². The van der Waals surface area contributed by atoms with Gasteiger partial charge in [-0.1, -0.05) is 24.3 Å². The van der Waals surface area contributed by atoms with Crippen molar-refractivity contribution < 1.29 is 45.4 Å². The number of carbonyl (C=O) groups is 2. The zero-order chi connectivity index (χ0) is 24.7. The Kier molecular flexibility index (Phi) is 4.61. The van der Waals surface area contributed by atoms with Gasteiger partial charge in [-0.3, -0.25) is 0 Å². The van der Waals surface area contributed by atoms with Gasteiger partial charge in [-0.25, -0.2) is 9.59 Å². The predicted octanol–water partition coefficient (Wildman–Crippen LogP) is 6.58. The number of ether oxygens (including phenoxy) is 2. The fraction of sp³-hybridized carbons (Fsp3) is 0.217. The molecule has 33 heavy (non-hydrogen) atoms. The highest BCUT2D eigenvalue weighted by atomic mass is 19.4. The predicted molar refractivity (Wildman–Crippen MR) is 105 cm³/mol. The molecule has 10 heteroatoms. The summed E-state index contributed by atoms with van der Waals surface area (Å²) >= 11 is 0. The van der Waals surface area contributed by atoms with Crippen LogP contribution in [0.15, 0.2) is 37.4 Å². The standard InChI is InChI=1S/C23H14F6O4/c1-9(2)11-5-15-17(7-12(11)10(3)4)32-18-8-14-13(19(30)33-20(14)31)6-16(18)21(15,22(24,25)26)23(27,28)29/h5-8H,1,3H2,2,4H3. The molecule has 0 unspecified atom stereocenters. The molecule has 0 saturated carbocycles. The Balaban J connectivity index is 2.20. The van der Waals surface area contributed by atoms with E-state index >= 15 is 0 Å². The molecule has 2 heterocycles. The van der Waals surface area contributed by atoms with E-state index in [4.69, 9.17) is 4.74 Å². The number of halogens is 6. The number of carbonyl (C=O) groups excluding carboxylic acids is 2. The van der Waals surface area contributed by atoms with E-state index in [9.17, 15) is 35.9 Å². The smallest absolute Gasteiger partial charge is 0.411 e. The number of alkyl halides is 6. The van der Waals surface area contributed by atoms with Crippen LogP contribution in [-0.4, -0.2) is 24.3 Å². The molecular weight excluding hydrogens is 454 g/mol. The first-order valence-electron chi connectivity index (χ1n) is 9.38. The second kappa shape index (κ2) is 6.72. The van der Waals surface area contributed by atoms with Crippen LogP contribution in [-0.2, 0) is 10.2 Å². The van der Waals surface area contributed by atoms with Crippen molar-refractivity contribution in [3.8, 4) is 11.5 Å². The highest BCUT2D eigenvalue weighted by molar-refractivity contribution is 6.15. The maximum atomic E-state index is 14.6. The van der Waals surface area contributed by atoms with E-state index in [0.29, 0.717) is 17.7 Å². The summed E-state index contributed by atoms with van der Waals surface area (Å²) in [6, 6.07) is 2.81. The Morgan fingerprint density at radius 3 is 1.64 bits per heavy atom. The summed E-state index contributed by atoms with van der Waals surface area (Å²) in [6.07, 6.45) is -11.8. The average Bonchev–Trinajstić information content (AvgIpc) is 2.94. The molecular formula is C23H14F6O4. The van der Waals surface area contributed by atoms with Crippen molar-refractivity contribution in [3.63, 3.8) is 0 Å². The van der Waals surface area contributed by atoms with Crippen LogP contribution in [0.3, 0.4) is 0 Å². The van der Waals surface area contributed by atoms with E-state index in [-0.39, 0.29) is 16.7 Å². The lowest BCUT2D eigenvalue weighted by molar-refractivity contribution is -0.290. The third-order valence-electron chi connectivity index (χ3n) is 5.66. The van der Waals surface area contributed by atoms with Crippen molar-refractivity contribution in [3.05, 3.63) is 70.8 Å². The third-order valence-corrected chi connectivity index (χ3v) is 5.66. The van der Waals surface area contributed by atoms with Crippen molar-refractivity contribution >= 4 is 23.1 Å². The van der Waals surface area contributed by atoms with Gasteiger partial charge >= 0.3 is 24.3 Å². The number of allylic oxidation sites excluding steroid dienone is 2. The van der Waals surface area contributed by atoms with Crippen LogP contribution in [0.5, 0.6) is 11.5 Å². The summed E-state index contributed by atoms with van der Waals surface area (Å²) < 4.78 is 97.2. The van der Waals surface area contributed by atoms with Crippen molar-refractivity contribution in [2.75, 3.05) is 0 Å². The van der Waals surface area contributed by atoms with Gasteiger partial charge < -0.3 is 9.47 Å². The molecule has 2 aromatic rings. The molecule has 4 nitrogen and oxygen atoms in total. The molecule has 0 aliphatic carbocycles. The minimum Gasteiger partial charge on any atom is -0.457 e. The van der Waals surface area contributed by atoms with Gasteiger partial charge in [0, 0.05) is 11.1 Å². The lowest BCUT2D eigenvalue weighted by Crippen LogP contribution is -2.56. The number of benzene rings is 2. The van der Waals surface area contributed by atoms with Crippen LogP contribution < -0.4 is 4.74 Å². The van der Waals surface area contributed by atoms with Crippen molar-refractivity contribution in [2.24, 2.45) is 0 Å². The fourth-order valence-corrected chi connectivity index (χ4v) is 4.19. The van der Waals surface area contributed by atoms with Gasteiger partial charge in [-0.05, 0) is 49.2 Å². The van der Waals surface area contributed by atoms with Gasteiger partial charge in [0.1, 0.15) is 11.5 Å². The van der Waals surface area contributed by atoms with Crippen LogP contribution in [0.4, 0.5) is 26.3 Å². The first kappa shape index (κ1) is 22.6. The molecule has 0 N–H and O–H groups in total. The zero-order valence-electron chi connectivity index (χ0n) is 17.1. The van der Waals surface area contributed by atoms with Crippen molar-refractivity contribution in [1.29, 1.82) is 0 Å². The molecule has 2 aliphatic rings. The lowest BCUT2D eigenvalue weighted by atomic mass is 9.69. The van der Waals surface area contributed by atoms with E-state index in [1.165, 1.54) is 13.8 Å². The topological polar surface area (TPSA) is 52.6 Å². The van der Waals surface area contributed by atoms with E-state index in [0.717, 1.165) is 12.1 Å². The molecule has 0 fully saturated rings. The van der Waals surface area contributed by atoms with E-state index in [2.05, 4.69) is 17.9 Å². The number of fused-ring (bicyclic) bond motifs is 3. The van der Waals surface area contributed by atoms with Gasteiger partial charge in [-0.2, -0.15) is 26.3 Å². The average molecular weight is 468 g/mol. The van der Waals surface area contributed by atoms with E-state index in [1.54, 1.807) is 0 Å². The number of cyclic esters (lactones) is 2. The monoisotopic (exact) mass is 468 g/mol. The maximum absolute atomic E-state index is 14.6. The SMILES string of the molecule is C=C(C)c1cc2c(cc1C(=C)C)C(C(F)(F)F)(C(F)(F)F)c1cc3c(cc1O2)C(=O)OC3=O. The van der Waals surface area contributed by atoms with Gasteiger partial charge in [0.05, 0.1) is 11.1 Å². The van der Waals surface area contributed by atoms with Crippen LogP contribution in [0.2, 0.25) is 0 Å². The number of hydrogen-bond donors (Lipinski definition) is 0. The van der Waals surface area contributed by atoms with E-state index < -0.39 is 63.5 Å². The highest BCUT2D eigenvalue weighted by Crippen LogP contribution is 2.63. The molecule has 0 amide bonds. The normalized spacial score (nSPS) is 16.4.